The number of aryl methyl sites for hydroxylation is 1. The van der Waals surface area contributed by atoms with E-state index in [1.807, 2.05) is 48.2 Å². The van der Waals surface area contributed by atoms with Gasteiger partial charge in [-0.05, 0) is 55.1 Å². The minimum absolute atomic E-state index is 0.0169. The second-order valence-corrected chi connectivity index (χ2v) is 7.47. The zero-order valence-corrected chi connectivity index (χ0v) is 15.8. The van der Waals surface area contributed by atoms with Crippen molar-refractivity contribution in [2.75, 3.05) is 30.3 Å². The van der Waals surface area contributed by atoms with Gasteiger partial charge in [-0.1, -0.05) is 31.2 Å². The molecule has 0 radical (unpaired) electrons. The number of hydrogen-bond acceptors (Lipinski definition) is 3. The van der Waals surface area contributed by atoms with E-state index in [0.717, 1.165) is 12.0 Å². The third kappa shape index (κ3) is 4.46. The highest BCUT2D eigenvalue weighted by atomic mass is 16.2. The fourth-order valence-corrected chi connectivity index (χ4v) is 3.24. The fourth-order valence-electron chi connectivity index (χ4n) is 3.24. The highest BCUT2D eigenvalue weighted by molar-refractivity contribution is 6.02. The first-order chi connectivity index (χ1) is 12.9. The Balaban J connectivity index is 1.71. The molecule has 4 N–H and O–H groups in total. The summed E-state index contributed by atoms with van der Waals surface area (Å²) in [5, 5.41) is 5.61. The summed E-state index contributed by atoms with van der Waals surface area (Å²) in [6, 6.07) is 14.3. The van der Waals surface area contributed by atoms with E-state index in [1.54, 1.807) is 12.1 Å². The van der Waals surface area contributed by atoms with Crippen LogP contribution in [0.2, 0.25) is 0 Å². The molecule has 1 unspecified atom stereocenters. The van der Waals surface area contributed by atoms with Crippen LogP contribution in [0.4, 0.5) is 16.2 Å². The SMILES string of the molecule is Cc1ccc(C(=O)N2CCC(C)(CN)C2)cc1NC(=O)Nc1ccccc1. The van der Waals surface area contributed by atoms with Crippen LogP contribution in [0.5, 0.6) is 0 Å². The normalized spacial score (nSPS) is 19.0. The highest BCUT2D eigenvalue weighted by Gasteiger charge is 2.35. The number of nitrogens with zero attached hydrogens (tertiary/aromatic N) is 1. The number of urea groups is 1. The number of carbonyl (C=O) groups excluding carboxylic acids is 2. The summed E-state index contributed by atoms with van der Waals surface area (Å²) in [5.41, 5.74) is 8.61. The monoisotopic (exact) mass is 366 g/mol. The summed E-state index contributed by atoms with van der Waals surface area (Å²) >= 11 is 0. The van der Waals surface area contributed by atoms with Crippen LogP contribution in [-0.2, 0) is 0 Å². The molecule has 1 saturated heterocycles. The largest absolute Gasteiger partial charge is 0.338 e. The molecule has 6 nitrogen and oxygen atoms in total. The summed E-state index contributed by atoms with van der Waals surface area (Å²) in [6.07, 6.45) is 0.908. The lowest BCUT2D eigenvalue weighted by atomic mass is 9.90. The van der Waals surface area contributed by atoms with Crippen LogP contribution >= 0.6 is 0 Å². The van der Waals surface area contributed by atoms with Crippen LogP contribution in [0.1, 0.15) is 29.3 Å². The predicted octanol–water partition coefficient (Wildman–Crippen LogP) is 3.45. The molecule has 1 atom stereocenters. The van der Waals surface area contributed by atoms with Gasteiger partial charge in [0.05, 0.1) is 0 Å². The van der Waals surface area contributed by atoms with Gasteiger partial charge in [-0.3, -0.25) is 4.79 Å². The first-order valence-corrected chi connectivity index (χ1v) is 9.13. The molecule has 1 heterocycles. The standard InChI is InChI=1S/C21H26N4O2/c1-15-8-9-16(19(26)25-11-10-21(2,13-22)14-25)12-18(15)24-20(27)23-17-6-4-3-5-7-17/h3-9,12H,10-11,13-14,22H2,1-2H3,(H2,23,24,27). The molecule has 6 heteroatoms. The van der Waals surface area contributed by atoms with Crippen LogP contribution in [0, 0.1) is 12.3 Å². The number of hydrogen-bond donors (Lipinski definition) is 3. The summed E-state index contributed by atoms with van der Waals surface area (Å²) < 4.78 is 0. The van der Waals surface area contributed by atoms with E-state index in [0.29, 0.717) is 36.6 Å². The smallest absolute Gasteiger partial charge is 0.323 e. The molecule has 1 aliphatic rings. The van der Waals surface area contributed by atoms with Crippen molar-refractivity contribution in [3.63, 3.8) is 0 Å². The van der Waals surface area contributed by atoms with Crippen LogP contribution < -0.4 is 16.4 Å². The maximum atomic E-state index is 12.8. The third-order valence-corrected chi connectivity index (χ3v) is 5.10. The Labute approximate surface area is 159 Å². The number of carbonyl (C=O) groups is 2. The van der Waals surface area contributed by atoms with Gasteiger partial charge in [-0.15, -0.1) is 0 Å². The van der Waals surface area contributed by atoms with Crippen molar-refractivity contribution in [2.45, 2.75) is 20.3 Å². The summed E-state index contributed by atoms with van der Waals surface area (Å²) in [7, 11) is 0. The molecule has 3 rings (SSSR count). The van der Waals surface area contributed by atoms with E-state index in [9.17, 15) is 9.59 Å². The van der Waals surface area contributed by atoms with E-state index in [4.69, 9.17) is 5.73 Å². The van der Waals surface area contributed by atoms with Gasteiger partial charge in [0.2, 0.25) is 0 Å². The molecule has 2 aromatic rings. The average molecular weight is 366 g/mol. The number of nitrogens with two attached hydrogens (primary N) is 1. The van der Waals surface area contributed by atoms with Crippen molar-refractivity contribution in [3.05, 3.63) is 59.7 Å². The molecule has 142 valence electrons. The number of likely N-dealkylation sites (tertiary alicyclic amines) is 1. The molecule has 0 aromatic heterocycles. The van der Waals surface area contributed by atoms with Gasteiger partial charge < -0.3 is 21.3 Å². The molecular weight excluding hydrogens is 340 g/mol. The van der Waals surface area contributed by atoms with Crippen LogP contribution in [0.25, 0.3) is 0 Å². The van der Waals surface area contributed by atoms with Crippen LogP contribution in [0.15, 0.2) is 48.5 Å². The third-order valence-electron chi connectivity index (χ3n) is 5.10. The Morgan fingerprint density at radius 2 is 1.89 bits per heavy atom. The first kappa shape index (κ1) is 18.9. The molecule has 0 bridgehead atoms. The molecular formula is C21H26N4O2. The van der Waals surface area contributed by atoms with Crippen molar-refractivity contribution in [1.82, 2.24) is 4.90 Å². The van der Waals surface area contributed by atoms with Gasteiger partial charge in [-0.2, -0.15) is 0 Å². The van der Waals surface area contributed by atoms with Crippen molar-refractivity contribution in [3.8, 4) is 0 Å². The number of anilines is 2. The number of nitrogens with one attached hydrogen (secondary N) is 2. The maximum absolute atomic E-state index is 12.8. The Morgan fingerprint density at radius 1 is 1.15 bits per heavy atom. The van der Waals surface area contributed by atoms with E-state index >= 15 is 0 Å². The van der Waals surface area contributed by atoms with Gasteiger partial charge >= 0.3 is 6.03 Å². The Kier molecular flexibility index (Phi) is 5.46. The first-order valence-electron chi connectivity index (χ1n) is 9.13. The topological polar surface area (TPSA) is 87.5 Å². The van der Waals surface area contributed by atoms with Crippen molar-refractivity contribution < 1.29 is 9.59 Å². The average Bonchev–Trinajstić information content (AvgIpc) is 3.07. The lowest BCUT2D eigenvalue weighted by Crippen LogP contribution is -2.34. The Hall–Kier alpha value is -2.86. The quantitative estimate of drug-likeness (QED) is 0.774. The lowest BCUT2D eigenvalue weighted by Gasteiger charge is -2.23. The number of amides is 3. The van der Waals surface area contributed by atoms with Gasteiger partial charge in [-0.25, -0.2) is 4.79 Å². The molecule has 2 aromatic carbocycles. The second kappa shape index (κ2) is 7.80. The van der Waals surface area contributed by atoms with E-state index in [2.05, 4.69) is 17.6 Å². The molecule has 3 amide bonds. The molecule has 0 saturated carbocycles. The summed E-state index contributed by atoms with van der Waals surface area (Å²) in [4.78, 5) is 27.0. The zero-order chi connectivity index (χ0) is 19.4. The van der Waals surface area contributed by atoms with Crippen LogP contribution in [0.3, 0.4) is 0 Å². The van der Waals surface area contributed by atoms with Crippen molar-refractivity contribution in [1.29, 1.82) is 0 Å². The predicted molar refractivity (Wildman–Crippen MR) is 108 cm³/mol. The van der Waals surface area contributed by atoms with E-state index < -0.39 is 0 Å². The highest BCUT2D eigenvalue weighted by Crippen LogP contribution is 2.30. The minimum atomic E-state index is -0.342. The Morgan fingerprint density at radius 3 is 2.56 bits per heavy atom. The van der Waals surface area contributed by atoms with Gasteiger partial charge in [0.1, 0.15) is 0 Å². The molecule has 0 spiro atoms. The van der Waals surface area contributed by atoms with Crippen LogP contribution in [-0.4, -0.2) is 36.5 Å². The summed E-state index contributed by atoms with van der Waals surface area (Å²) in [6.45, 7) is 5.94. The Bertz CT molecular complexity index is 837. The summed E-state index contributed by atoms with van der Waals surface area (Å²) in [5.74, 6) is -0.0290. The molecule has 0 aliphatic carbocycles. The van der Waals surface area contributed by atoms with Gasteiger partial charge in [0.25, 0.3) is 5.91 Å². The van der Waals surface area contributed by atoms with Crippen molar-refractivity contribution in [2.24, 2.45) is 11.1 Å². The van der Waals surface area contributed by atoms with Gasteiger partial charge in [0, 0.05) is 30.0 Å². The zero-order valence-electron chi connectivity index (χ0n) is 15.8. The van der Waals surface area contributed by atoms with E-state index in [-0.39, 0.29) is 17.4 Å². The maximum Gasteiger partial charge on any atom is 0.323 e. The van der Waals surface area contributed by atoms with E-state index in [1.165, 1.54) is 0 Å². The lowest BCUT2D eigenvalue weighted by molar-refractivity contribution is 0.0777. The minimum Gasteiger partial charge on any atom is -0.338 e. The second-order valence-electron chi connectivity index (χ2n) is 7.47. The van der Waals surface area contributed by atoms with Gasteiger partial charge in [0.15, 0.2) is 0 Å². The number of rotatable bonds is 4. The molecule has 1 aliphatic heterocycles. The molecule has 1 fully saturated rings. The number of para-hydroxylation sites is 1. The fraction of sp³-hybridized carbons (Fsp3) is 0.333. The van der Waals surface area contributed by atoms with Crippen molar-refractivity contribution >= 4 is 23.3 Å². The number of benzene rings is 2. The molecule has 27 heavy (non-hydrogen) atoms.